The highest BCUT2D eigenvalue weighted by Crippen LogP contribution is 2.19. The predicted molar refractivity (Wildman–Crippen MR) is 340 cm³/mol. The molecule has 0 aromatic rings. The molecule has 0 heterocycles. The van der Waals surface area contributed by atoms with Crippen molar-refractivity contribution in [2.45, 2.75) is 419 Å². The van der Waals surface area contributed by atoms with E-state index in [-0.39, 0.29) is 31.1 Å². The van der Waals surface area contributed by atoms with Crippen LogP contribution in [-0.2, 0) is 28.6 Å². The maximum atomic E-state index is 12.9. The van der Waals surface area contributed by atoms with Crippen molar-refractivity contribution >= 4 is 17.9 Å². The van der Waals surface area contributed by atoms with Crippen LogP contribution in [0.25, 0.3) is 0 Å². The number of hydrogen-bond acceptors (Lipinski definition) is 6. The average Bonchev–Trinajstić information content (AvgIpc) is 3.44. The fourth-order valence-electron chi connectivity index (χ4n) is 11.2. The number of unbranched alkanes of at least 4 members (excludes halogenated alkanes) is 54. The van der Waals surface area contributed by atoms with Gasteiger partial charge in [0.05, 0.1) is 0 Å². The molecule has 0 aliphatic carbocycles. The molecule has 0 aliphatic heterocycles. The van der Waals surface area contributed by atoms with Gasteiger partial charge in [-0.2, -0.15) is 0 Å². The van der Waals surface area contributed by atoms with Gasteiger partial charge in [-0.15, -0.1) is 0 Å². The van der Waals surface area contributed by atoms with Crippen LogP contribution in [-0.4, -0.2) is 37.2 Å². The molecule has 0 saturated heterocycles. The minimum absolute atomic E-state index is 0.0619. The molecular weight excluding hydrogens is 961 g/mol. The summed E-state index contributed by atoms with van der Waals surface area (Å²) in [7, 11) is 0. The molecule has 0 amide bonds. The van der Waals surface area contributed by atoms with E-state index in [4.69, 9.17) is 14.2 Å². The van der Waals surface area contributed by atoms with Crippen molar-refractivity contribution < 1.29 is 28.6 Å². The molecule has 0 saturated carbocycles. The lowest BCUT2D eigenvalue weighted by Gasteiger charge is -2.18. The van der Waals surface area contributed by atoms with E-state index >= 15 is 0 Å². The minimum Gasteiger partial charge on any atom is -0.462 e. The molecule has 1 atom stereocenters. The first-order chi connectivity index (χ1) is 38.5. The largest absolute Gasteiger partial charge is 0.462 e. The van der Waals surface area contributed by atoms with Gasteiger partial charge in [-0.1, -0.05) is 360 Å². The van der Waals surface area contributed by atoms with Crippen molar-refractivity contribution in [1.29, 1.82) is 0 Å². The van der Waals surface area contributed by atoms with E-state index in [0.29, 0.717) is 19.3 Å². The molecule has 0 radical (unpaired) electrons. The van der Waals surface area contributed by atoms with Crippen molar-refractivity contribution in [3.05, 3.63) is 12.2 Å². The zero-order valence-corrected chi connectivity index (χ0v) is 53.2. The summed E-state index contributed by atoms with van der Waals surface area (Å²) >= 11 is 0. The molecule has 78 heavy (non-hydrogen) atoms. The molecule has 0 N–H and O–H groups in total. The van der Waals surface area contributed by atoms with Gasteiger partial charge in [0.1, 0.15) is 13.2 Å². The zero-order valence-electron chi connectivity index (χ0n) is 53.2. The van der Waals surface area contributed by atoms with Gasteiger partial charge in [0.25, 0.3) is 0 Å². The van der Waals surface area contributed by atoms with Gasteiger partial charge >= 0.3 is 17.9 Å². The molecule has 0 aromatic heterocycles. The maximum absolute atomic E-state index is 12.9. The summed E-state index contributed by atoms with van der Waals surface area (Å²) in [5.74, 6) is -0.825. The molecular formula is C72H138O6. The topological polar surface area (TPSA) is 78.9 Å². The molecule has 6 nitrogen and oxygen atoms in total. The number of carbonyl (C=O) groups excluding carboxylic acids is 3. The summed E-state index contributed by atoms with van der Waals surface area (Å²) in [5, 5.41) is 0. The fourth-order valence-corrected chi connectivity index (χ4v) is 11.2. The maximum Gasteiger partial charge on any atom is 0.306 e. The number of rotatable bonds is 67. The monoisotopic (exact) mass is 1100 g/mol. The molecule has 6 heteroatoms. The lowest BCUT2D eigenvalue weighted by atomic mass is 10.0. The lowest BCUT2D eigenvalue weighted by molar-refractivity contribution is -0.167. The third-order valence-corrected chi connectivity index (χ3v) is 16.5. The van der Waals surface area contributed by atoms with Gasteiger partial charge < -0.3 is 14.2 Å². The van der Waals surface area contributed by atoms with Gasteiger partial charge in [0.15, 0.2) is 6.10 Å². The van der Waals surface area contributed by atoms with E-state index < -0.39 is 6.10 Å². The van der Waals surface area contributed by atoms with Gasteiger partial charge in [0, 0.05) is 19.3 Å². The highest BCUT2D eigenvalue weighted by molar-refractivity contribution is 5.71. The van der Waals surface area contributed by atoms with Gasteiger partial charge in [-0.3, -0.25) is 14.4 Å². The number of allylic oxidation sites excluding steroid dienone is 2. The van der Waals surface area contributed by atoms with E-state index in [1.165, 1.54) is 315 Å². The Morgan fingerprint density at radius 1 is 0.244 bits per heavy atom. The van der Waals surface area contributed by atoms with E-state index in [1.807, 2.05) is 0 Å². The Bertz CT molecular complexity index is 1210. The first-order valence-electron chi connectivity index (χ1n) is 35.7. The Morgan fingerprint density at radius 3 is 0.641 bits per heavy atom. The quantitative estimate of drug-likeness (QED) is 0.0261. The Kier molecular flexibility index (Phi) is 66.0. The molecule has 0 rings (SSSR count). The average molecular weight is 1100 g/mol. The number of hydrogen-bond donors (Lipinski definition) is 0. The van der Waals surface area contributed by atoms with Crippen LogP contribution in [0.3, 0.4) is 0 Å². The van der Waals surface area contributed by atoms with Crippen molar-refractivity contribution in [2.75, 3.05) is 13.2 Å². The lowest BCUT2D eigenvalue weighted by Crippen LogP contribution is -2.30. The number of esters is 3. The predicted octanol–water partition coefficient (Wildman–Crippen LogP) is 24.4. The summed E-state index contributed by atoms with van der Waals surface area (Å²) in [6.07, 6.45) is 81.0. The van der Waals surface area contributed by atoms with Crippen LogP contribution >= 0.6 is 0 Å². The second kappa shape index (κ2) is 67.7. The Morgan fingerprint density at radius 2 is 0.423 bits per heavy atom. The summed E-state index contributed by atoms with van der Waals surface area (Å²) in [5.41, 5.74) is 0. The van der Waals surface area contributed by atoms with Crippen molar-refractivity contribution in [2.24, 2.45) is 0 Å². The van der Waals surface area contributed by atoms with Gasteiger partial charge in [-0.05, 0) is 44.9 Å². The minimum atomic E-state index is -0.765. The third kappa shape index (κ3) is 65.0. The van der Waals surface area contributed by atoms with Crippen LogP contribution in [0, 0.1) is 0 Å². The van der Waals surface area contributed by atoms with Crippen LogP contribution in [0.5, 0.6) is 0 Å². The van der Waals surface area contributed by atoms with Crippen LogP contribution < -0.4 is 0 Å². The normalized spacial score (nSPS) is 12.0. The van der Waals surface area contributed by atoms with Crippen LogP contribution in [0.1, 0.15) is 412 Å². The first kappa shape index (κ1) is 76.1. The number of carbonyl (C=O) groups is 3. The Balaban J connectivity index is 4.15. The highest BCUT2D eigenvalue weighted by atomic mass is 16.6. The van der Waals surface area contributed by atoms with E-state index in [1.54, 1.807) is 0 Å². The van der Waals surface area contributed by atoms with Gasteiger partial charge in [0.2, 0.25) is 0 Å². The third-order valence-electron chi connectivity index (χ3n) is 16.5. The van der Waals surface area contributed by atoms with E-state index in [9.17, 15) is 14.4 Å². The molecule has 0 aromatic carbocycles. The van der Waals surface area contributed by atoms with E-state index in [2.05, 4.69) is 32.9 Å². The van der Waals surface area contributed by atoms with Crippen molar-refractivity contribution in [3.8, 4) is 0 Å². The molecule has 1 unspecified atom stereocenters. The first-order valence-corrected chi connectivity index (χ1v) is 35.7. The smallest absolute Gasteiger partial charge is 0.306 e. The van der Waals surface area contributed by atoms with Crippen molar-refractivity contribution in [1.82, 2.24) is 0 Å². The second-order valence-electron chi connectivity index (χ2n) is 24.5. The Labute approximate surface area is 488 Å². The van der Waals surface area contributed by atoms with Crippen LogP contribution in [0.15, 0.2) is 12.2 Å². The molecule has 0 bridgehead atoms. The van der Waals surface area contributed by atoms with Gasteiger partial charge in [-0.25, -0.2) is 0 Å². The second-order valence-corrected chi connectivity index (χ2v) is 24.5. The SMILES string of the molecule is CCCCCCCCCC/C=C\CCCCCCCCCCCCCCCCCCCC(=O)OCC(COC(=O)CCCCCCCCCCCCCCCC)OC(=O)CCCCCCCCCCCCCCCCCCC. The zero-order chi connectivity index (χ0) is 56.4. The fraction of sp³-hybridized carbons (Fsp3) is 0.931. The summed E-state index contributed by atoms with van der Waals surface area (Å²) in [4.78, 5) is 38.4. The van der Waals surface area contributed by atoms with Crippen LogP contribution in [0.4, 0.5) is 0 Å². The summed E-state index contributed by atoms with van der Waals surface area (Å²) in [6.45, 7) is 6.73. The molecule has 462 valence electrons. The molecule has 0 spiro atoms. The standard InChI is InChI=1S/C72H138O6/c1-4-7-10-13-16-19-22-25-28-30-31-32-33-34-35-36-37-38-39-40-41-43-44-47-50-53-56-59-62-65-71(74)77-68-69(67-76-70(73)64-61-58-55-52-49-46-27-24-21-18-15-12-9-6-3)78-72(75)66-63-60-57-54-51-48-45-42-29-26-23-20-17-14-11-8-5-2/h30-31,69H,4-29,32-68H2,1-3H3/b31-30-. The Hall–Kier alpha value is -1.85. The van der Waals surface area contributed by atoms with Crippen molar-refractivity contribution in [3.63, 3.8) is 0 Å². The number of ether oxygens (including phenoxy) is 3. The molecule has 0 aliphatic rings. The summed E-state index contributed by atoms with van der Waals surface area (Å²) in [6, 6.07) is 0. The highest BCUT2D eigenvalue weighted by Gasteiger charge is 2.19. The molecule has 0 fully saturated rings. The van der Waals surface area contributed by atoms with Crippen LogP contribution in [0.2, 0.25) is 0 Å². The summed E-state index contributed by atoms with van der Waals surface area (Å²) < 4.78 is 17.0. The van der Waals surface area contributed by atoms with E-state index in [0.717, 1.165) is 57.8 Å².